The zero-order valence-corrected chi connectivity index (χ0v) is 44.4. The SMILES string of the molecule is CCCCCCCCC/C=C/C/C=C/C/C=C/C/C=C/CCCC(=O)OC[C@@H](COP(=O)(O)OC1C(O)C(O)C(O)[C@H](O)C1O)OC(=O)CCC/C=C/C/C=C/C/C=C/C/C=C/CCCCCCCCC. The second-order valence-corrected chi connectivity index (χ2v) is 19.8. The van der Waals surface area contributed by atoms with Crippen molar-refractivity contribution in [2.45, 2.75) is 236 Å². The Kier molecular flexibility index (Phi) is 42.1. The normalized spacial score (nSPS) is 21.4. The van der Waals surface area contributed by atoms with E-state index in [1.807, 2.05) is 24.3 Å². The molecule has 0 radical (unpaired) electrons. The molecule has 1 fully saturated rings. The standard InChI is InChI=1S/C57H95O13P/c1-3-5-7-9-11-13-15-17-19-21-23-25-27-29-31-33-35-37-39-41-43-45-50(58)67-47-49(48-68-71(65,66)70-57-55(63)53(61)52(60)54(62)56(57)64)69-51(59)46-44-42-40-38-36-34-32-30-28-26-24-22-20-18-16-14-12-10-8-6-4-2/h19-22,25-28,31-34,37-40,49,52-57,60-64H,3-18,23-24,29-30,35-36,41-48H2,1-2H3,(H,65,66)/b21-19+,22-20+,27-25+,28-26+,33-31+,34-32+,39-37+,40-38+/t49-,52?,53-,54?,55?,56?,57?/m0/s1. The first-order valence-electron chi connectivity index (χ1n) is 27.0. The zero-order valence-electron chi connectivity index (χ0n) is 43.5. The maximum Gasteiger partial charge on any atom is 0.472 e. The molecule has 14 heteroatoms. The number of esters is 2. The molecule has 0 aromatic heterocycles. The van der Waals surface area contributed by atoms with Gasteiger partial charge in [0, 0.05) is 12.8 Å². The topological polar surface area (TPSA) is 210 Å². The first-order valence-corrected chi connectivity index (χ1v) is 28.5. The quantitative estimate of drug-likeness (QED) is 0.0145. The molecule has 0 aliphatic heterocycles. The van der Waals surface area contributed by atoms with Gasteiger partial charge in [-0.2, -0.15) is 0 Å². The van der Waals surface area contributed by atoms with Gasteiger partial charge in [0.05, 0.1) is 6.61 Å². The van der Waals surface area contributed by atoms with Crippen molar-refractivity contribution in [3.63, 3.8) is 0 Å². The predicted molar refractivity (Wildman–Crippen MR) is 285 cm³/mol. The van der Waals surface area contributed by atoms with Crippen LogP contribution in [-0.2, 0) is 32.7 Å². The minimum atomic E-state index is -5.16. The third kappa shape index (κ3) is 37.2. The monoisotopic (exact) mass is 1020 g/mol. The van der Waals surface area contributed by atoms with Crippen LogP contribution in [0.5, 0.6) is 0 Å². The van der Waals surface area contributed by atoms with Crippen LogP contribution in [0, 0.1) is 0 Å². The maximum atomic E-state index is 12.9. The van der Waals surface area contributed by atoms with Gasteiger partial charge in [-0.1, -0.05) is 188 Å². The summed E-state index contributed by atoms with van der Waals surface area (Å²) in [5.41, 5.74) is 0. The van der Waals surface area contributed by atoms with Crippen molar-refractivity contribution < 1.29 is 63.1 Å². The van der Waals surface area contributed by atoms with Crippen LogP contribution in [0.1, 0.15) is 194 Å². The van der Waals surface area contributed by atoms with Crippen molar-refractivity contribution in [3.8, 4) is 0 Å². The lowest BCUT2D eigenvalue weighted by Gasteiger charge is -2.41. The number of allylic oxidation sites excluding steroid dienone is 16. The molecule has 8 atom stereocenters. The highest BCUT2D eigenvalue weighted by molar-refractivity contribution is 7.47. The molecule has 0 saturated heterocycles. The van der Waals surface area contributed by atoms with Gasteiger partial charge in [0.25, 0.3) is 0 Å². The number of phosphoric ester groups is 1. The Morgan fingerprint density at radius 1 is 0.437 bits per heavy atom. The van der Waals surface area contributed by atoms with Crippen LogP contribution < -0.4 is 0 Å². The Morgan fingerprint density at radius 2 is 0.761 bits per heavy atom. The van der Waals surface area contributed by atoms with Crippen LogP contribution in [-0.4, -0.2) is 98.3 Å². The van der Waals surface area contributed by atoms with Gasteiger partial charge in [0.1, 0.15) is 43.2 Å². The van der Waals surface area contributed by atoms with Gasteiger partial charge >= 0.3 is 19.8 Å². The van der Waals surface area contributed by atoms with Crippen molar-refractivity contribution in [3.05, 3.63) is 97.2 Å². The molecule has 0 spiro atoms. The summed E-state index contributed by atoms with van der Waals surface area (Å²) in [7, 11) is -5.16. The number of hydrogen-bond acceptors (Lipinski definition) is 12. The highest BCUT2D eigenvalue weighted by atomic mass is 31.2. The molecular weight excluding hydrogens is 924 g/mol. The summed E-state index contributed by atoms with van der Waals surface area (Å²) in [6.07, 6.45) is 49.0. The van der Waals surface area contributed by atoms with Crippen LogP contribution in [0.4, 0.5) is 0 Å². The average Bonchev–Trinajstić information content (AvgIpc) is 3.35. The lowest BCUT2D eigenvalue weighted by Crippen LogP contribution is -2.64. The fourth-order valence-electron chi connectivity index (χ4n) is 7.57. The molecule has 1 rings (SSSR count). The van der Waals surface area contributed by atoms with Crippen molar-refractivity contribution >= 4 is 19.8 Å². The van der Waals surface area contributed by atoms with Gasteiger partial charge in [-0.05, 0) is 89.9 Å². The molecule has 1 aliphatic carbocycles. The van der Waals surface area contributed by atoms with E-state index in [1.54, 1.807) is 0 Å². The molecule has 0 amide bonds. The summed E-state index contributed by atoms with van der Waals surface area (Å²) in [6, 6.07) is 0. The van der Waals surface area contributed by atoms with E-state index in [2.05, 4.69) is 86.8 Å². The molecule has 1 saturated carbocycles. The first kappa shape index (κ1) is 65.8. The summed E-state index contributed by atoms with van der Waals surface area (Å²) < 4.78 is 33.5. The van der Waals surface area contributed by atoms with Crippen molar-refractivity contribution in [2.24, 2.45) is 0 Å². The minimum absolute atomic E-state index is 0.00399. The summed E-state index contributed by atoms with van der Waals surface area (Å²) >= 11 is 0. The number of phosphoric acid groups is 1. The van der Waals surface area contributed by atoms with E-state index in [9.17, 15) is 44.6 Å². The van der Waals surface area contributed by atoms with Crippen LogP contribution in [0.2, 0.25) is 0 Å². The smallest absolute Gasteiger partial charge is 0.462 e. The number of aliphatic hydroxyl groups excluding tert-OH is 5. The van der Waals surface area contributed by atoms with Gasteiger partial charge in [-0.25, -0.2) is 4.57 Å². The molecule has 13 nitrogen and oxygen atoms in total. The van der Waals surface area contributed by atoms with Gasteiger partial charge in [0.2, 0.25) is 0 Å². The predicted octanol–water partition coefficient (Wildman–Crippen LogP) is 12.2. The number of hydrogen-bond donors (Lipinski definition) is 6. The molecule has 0 aromatic rings. The molecule has 6 unspecified atom stereocenters. The summed E-state index contributed by atoms with van der Waals surface area (Å²) in [6.45, 7) is 3.22. The van der Waals surface area contributed by atoms with Crippen molar-refractivity contribution in [1.82, 2.24) is 0 Å². The second-order valence-electron chi connectivity index (χ2n) is 18.4. The Labute approximate surface area is 428 Å². The van der Waals surface area contributed by atoms with E-state index in [4.69, 9.17) is 18.5 Å². The van der Waals surface area contributed by atoms with Crippen molar-refractivity contribution in [2.75, 3.05) is 13.2 Å². The van der Waals surface area contributed by atoms with Crippen LogP contribution in [0.15, 0.2) is 97.2 Å². The summed E-state index contributed by atoms with van der Waals surface area (Å²) in [4.78, 5) is 35.8. The largest absolute Gasteiger partial charge is 0.472 e. The van der Waals surface area contributed by atoms with Crippen LogP contribution >= 0.6 is 7.82 Å². The average molecular weight is 1020 g/mol. The Morgan fingerprint density at radius 3 is 1.15 bits per heavy atom. The third-order valence-electron chi connectivity index (χ3n) is 11.9. The van der Waals surface area contributed by atoms with Crippen LogP contribution in [0.3, 0.4) is 0 Å². The molecule has 0 bridgehead atoms. The highest BCUT2D eigenvalue weighted by Crippen LogP contribution is 2.47. The maximum absolute atomic E-state index is 12.9. The fourth-order valence-corrected chi connectivity index (χ4v) is 8.54. The lowest BCUT2D eigenvalue weighted by atomic mass is 9.85. The molecule has 1 aliphatic rings. The first-order chi connectivity index (χ1) is 34.4. The molecule has 0 aromatic carbocycles. The van der Waals surface area contributed by atoms with Gasteiger partial charge < -0.3 is 39.9 Å². The van der Waals surface area contributed by atoms with Gasteiger partial charge in [0.15, 0.2) is 6.10 Å². The summed E-state index contributed by atoms with van der Waals surface area (Å²) in [5, 5.41) is 50.3. The number of aliphatic hydroxyl groups is 5. The minimum Gasteiger partial charge on any atom is -0.462 e. The summed E-state index contributed by atoms with van der Waals surface area (Å²) in [5.74, 6) is -1.24. The van der Waals surface area contributed by atoms with E-state index in [-0.39, 0.29) is 12.8 Å². The fraction of sp³-hybridized carbons (Fsp3) is 0.684. The number of carbonyl (C=O) groups excluding carboxylic acids is 2. The van der Waals surface area contributed by atoms with Crippen LogP contribution in [0.25, 0.3) is 0 Å². The van der Waals surface area contributed by atoms with Gasteiger partial charge in [-0.3, -0.25) is 18.6 Å². The van der Waals surface area contributed by atoms with Crippen molar-refractivity contribution in [1.29, 1.82) is 0 Å². The molecular formula is C57H95O13P. The Bertz CT molecular complexity index is 1600. The van der Waals surface area contributed by atoms with E-state index < -0.39 is 75.7 Å². The number of ether oxygens (including phenoxy) is 2. The van der Waals surface area contributed by atoms with Gasteiger partial charge in [-0.15, -0.1) is 0 Å². The third-order valence-corrected chi connectivity index (χ3v) is 12.9. The highest BCUT2D eigenvalue weighted by Gasteiger charge is 2.51. The van der Waals surface area contributed by atoms with E-state index >= 15 is 0 Å². The Hall–Kier alpha value is -3.23. The Balaban J connectivity index is 2.48. The molecule has 406 valence electrons. The molecule has 0 heterocycles. The lowest BCUT2D eigenvalue weighted by molar-refractivity contribution is -0.220. The molecule has 6 N–H and O–H groups in total. The second kappa shape index (κ2) is 45.4. The number of carbonyl (C=O) groups is 2. The zero-order chi connectivity index (χ0) is 52.1. The van der Waals surface area contributed by atoms with E-state index in [1.165, 1.54) is 89.9 Å². The molecule has 71 heavy (non-hydrogen) atoms. The van der Waals surface area contributed by atoms with E-state index in [0.29, 0.717) is 25.7 Å². The number of rotatable bonds is 44. The van der Waals surface area contributed by atoms with E-state index in [0.717, 1.165) is 51.4 Å². The number of unbranched alkanes of at least 4 members (excludes halogenated alkanes) is 16.